The molecule has 8 heteroatoms. The summed E-state index contributed by atoms with van der Waals surface area (Å²) in [6.45, 7) is 0.326. The first-order chi connectivity index (χ1) is 15.4. The van der Waals surface area contributed by atoms with Crippen LogP contribution in [0.1, 0.15) is 11.1 Å². The number of rotatable bonds is 5. The first kappa shape index (κ1) is 22.0. The summed E-state index contributed by atoms with van der Waals surface area (Å²) in [5.41, 5.74) is 1.66. The van der Waals surface area contributed by atoms with Crippen LogP contribution in [0.3, 0.4) is 0 Å². The van der Waals surface area contributed by atoms with Crippen molar-refractivity contribution in [2.24, 2.45) is 0 Å². The monoisotopic (exact) mass is 558 g/mol. The number of imide groups is 2. The van der Waals surface area contributed by atoms with E-state index >= 15 is 0 Å². The molecule has 1 aliphatic heterocycles. The number of amides is 4. The van der Waals surface area contributed by atoms with Crippen LogP contribution in [-0.2, 0) is 16.2 Å². The molecule has 1 saturated heterocycles. The molecule has 0 aliphatic carbocycles. The van der Waals surface area contributed by atoms with Gasteiger partial charge in [-0.05, 0) is 76.7 Å². The van der Waals surface area contributed by atoms with Crippen molar-refractivity contribution >= 4 is 63.8 Å². The van der Waals surface area contributed by atoms with E-state index in [1.54, 1.807) is 36.4 Å². The number of nitrogens with zero attached hydrogens (tertiary/aromatic N) is 1. The molecule has 0 radical (unpaired) electrons. The summed E-state index contributed by atoms with van der Waals surface area (Å²) in [6, 6.07) is 20.4. The summed E-state index contributed by atoms with van der Waals surface area (Å²) in [7, 11) is 0. The normalized spacial score (nSPS) is 15.1. The van der Waals surface area contributed by atoms with E-state index in [-0.39, 0.29) is 5.57 Å². The van der Waals surface area contributed by atoms with Crippen molar-refractivity contribution in [3.05, 3.63) is 98.1 Å². The highest BCUT2D eigenvalue weighted by Crippen LogP contribution is 2.26. The maximum absolute atomic E-state index is 13.1. The van der Waals surface area contributed by atoms with E-state index in [1.165, 1.54) is 18.2 Å². The average molecular weight is 559 g/mol. The van der Waals surface area contributed by atoms with E-state index in [2.05, 4.69) is 27.9 Å². The summed E-state index contributed by atoms with van der Waals surface area (Å²) in [6.07, 6.45) is 1.43. The zero-order chi connectivity index (χ0) is 22.7. The summed E-state index contributed by atoms with van der Waals surface area (Å²) in [5, 5.41) is 2.67. The Bertz CT molecular complexity index is 1220. The molecule has 6 nitrogen and oxygen atoms in total. The number of urea groups is 1. The van der Waals surface area contributed by atoms with Gasteiger partial charge in [0.15, 0.2) is 0 Å². The fraction of sp³-hybridized carbons (Fsp3) is 0.0417. The Balaban J connectivity index is 1.62. The van der Waals surface area contributed by atoms with Crippen LogP contribution in [0.5, 0.6) is 5.75 Å². The van der Waals surface area contributed by atoms with Gasteiger partial charge in [0.1, 0.15) is 17.9 Å². The number of carbonyl (C=O) groups excluding carboxylic acids is 3. The van der Waals surface area contributed by atoms with Crippen molar-refractivity contribution in [3.63, 3.8) is 0 Å². The van der Waals surface area contributed by atoms with Crippen LogP contribution in [0.2, 0.25) is 5.02 Å². The summed E-state index contributed by atoms with van der Waals surface area (Å²) < 4.78 is 7.06. The van der Waals surface area contributed by atoms with Gasteiger partial charge >= 0.3 is 6.03 Å². The lowest BCUT2D eigenvalue weighted by Crippen LogP contribution is -2.54. The van der Waals surface area contributed by atoms with Crippen LogP contribution < -0.4 is 15.0 Å². The molecule has 0 spiro atoms. The molecule has 3 aromatic carbocycles. The molecule has 160 valence electrons. The van der Waals surface area contributed by atoms with Crippen LogP contribution >= 0.6 is 34.2 Å². The number of benzene rings is 3. The minimum atomic E-state index is -0.817. The van der Waals surface area contributed by atoms with E-state index in [0.29, 0.717) is 28.6 Å². The highest BCUT2D eigenvalue weighted by Gasteiger charge is 2.36. The van der Waals surface area contributed by atoms with E-state index < -0.39 is 17.8 Å². The van der Waals surface area contributed by atoms with E-state index in [0.717, 1.165) is 14.0 Å². The van der Waals surface area contributed by atoms with Crippen LogP contribution in [0.4, 0.5) is 10.5 Å². The molecule has 0 saturated carbocycles. The summed E-state index contributed by atoms with van der Waals surface area (Å²) in [4.78, 5) is 38.8. The molecule has 1 fully saturated rings. The number of barbiturate groups is 1. The topological polar surface area (TPSA) is 75.7 Å². The van der Waals surface area contributed by atoms with Crippen molar-refractivity contribution < 1.29 is 19.1 Å². The molecule has 0 bridgehead atoms. The SMILES string of the molecule is O=C1NC(=O)N(c2ccc(Cl)cc2)C(=O)/C1=C/c1ccccc1OCc1ccc(I)cc1. The fourth-order valence-electron chi connectivity index (χ4n) is 3.11. The van der Waals surface area contributed by atoms with Crippen molar-refractivity contribution in [3.8, 4) is 5.75 Å². The van der Waals surface area contributed by atoms with Gasteiger partial charge in [-0.15, -0.1) is 0 Å². The first-order valence-electron chi connectivity index (χ1n) is 9.55. The number of hydrogen-bond acceptors (Lipinski definition) is 4. The van der Waals surface area contributed by atoms with E-state index in [1.807, 2.05) is 24.3 Å². The molecule has 1 N–H and O–H groups in total. The molecule has 0 aromatic heterocycles. The third-order valence-electron chi connectivity index (χ3n) is 4.71. The Hall–Kier alpha value is -3.17. The standard InChI is InChI=1S/C24H16ClIN2O4/c25-17-7-11-19(12-8-17)28-23(30)20(22(29)27-24(28)31)13-16-3-1-2-4-21(16)32-14-15-5-9-18(26)10-6-15/h1-13H,14H2,(H,27,29,31)/b20-13+. The molecule has 32 heavy (non-hydrogen) atoms. The number of carbonyl (C=O) groups is 3. The Kier molecular flexibility index (Phi) is 6.57. The molecule has 0 unspecified atom stereocenters. The van der Waals surface area contributed by atoms with Crippen molar-refractivity contribution in [2.75, 3.05) is 4.90 Å². The number of hydrogen-bond donors (Lipinski definition) is 1. The molecule has 3 aromatic rings. The minimum Gasteiger partial charge on any atom is -0.488 e. The smallest absolute Gasteiger partial charge is 0.335 e. The van der Waals surface area contributed by atoms with Gasteiger partial charge in [0.2, 0.25) is 0 Å². The number of para-hydroxylation sites is 1. The van der Waals surface area contributed by atoms with Crippen molar-refractivity contribution in [1.29, 1.82) is 0 Å². The summed E-state index contributed by atoms with van der Waals surface area (Å²) in [5.74, 6) is -0.986. The maximum Gasteiger partial charge on any atom is 0.335 e. The second kappa shape index (κ2) is 9.54. The van der Waals surface area contributed by atoms with Crippen LogP contribution in [0, 0.1) is 3.57 Å². The van der Waals surface area contributed by atoms with Gasteiger partial charge in [0.05, 0.1) is 5.69 Å². The third-order valence-corrected chi connectivity index (χ3v) is 5.68. The Morgan fingerprint density at radius 3 is 2.34 bits per heavy atom. The molecule has 0 atom stereocenters. The lowest BCUT2D eigenvalue weighted by molar-refractivity contribution is -0.122. The third kappa shape index (κ3) is 4.84. The van der Waals surface area contributed by atoms with Gasteiger partial charge in [-0.1, -0.05) is 41.9 Å². The van der Waals surface area contributed by atoms with Crippen LogP contribution in [0.15, 0.2) is 78.4 Å². The lowest BCUT2D eigenvalue weighted by Gasteiger charge is -2.26. The summed E-state index contributed by atoms with van der Waals surface area (Å²) >= 11 is 8.13. The van der Waals surface area contributed by atoms with Gasteiger partial charge in [-0.3, -0.25) is 14.9 Å². The van der Waals surface area contributed by atoms with Gasteiger partial charge in [-0.2, -0.15) is 0 Å². The lowest BCUT2D eigenvalue weighted by atomic mass is 10.1. The Morgan fingerprint density at radius 2 is 1.62 bits per heavy atom. The Morgan fingerprint density at radius 1 is 0.938 bits per heavy atom. The highest BCUT2D eigenvalue weighted by molar-refractivity contribution is 14.1. The zero-order valence-corrected chi connectivity index (χ0v) is 19.5. The largest absolute Gasteiger partial charge is 0.488 e. The molecule has 4 rings (SSSR count). The highest BCUT2D eigenvalue weighted by atomic mass is 127. The number of nitrogens with one attached hydrogen (secondary N) is 1. The van der Waals surface area contributed by atoms with Crippen molar-refractivity contribution in [1.82, 2.24) is 5.32 Å². The second-order valence-corrected chi connectivity index (χ2v) is 8.57. The minimum absolute atomic E-state index is 0.176. The average Bonchev–Trinajstić information content (AvgIpc) is 2.78. The predicted octanol–water partition coefficient (Wildman–Crippen LogP) is 5.19. The van der Waals surface area contributed by atoms with E-state index in [4.69, 9.17) is 16.3 Å². The predicted molar refractivity (Wildman–Crippen MR) is 130 cm³/mol. The molecule has 1 heterocycles. The van der Waals surface area contributed by atoms with E-state index in [9.17, 15) is 14.4 Å². The zero-order valence-electron chi connectivity index (χ0n) is 16.5. The quantitative estimate of drug-likeness (QED) is 0.266. The molecule has 4 amide bonds. The van der Waals surface area contributed by atoms with Gasteiger partial charge in [0, 0.05) is 14.2 Å². The van der Waals surface area contributed by atoms with Gasteiger partial charge in [0.25, 0.3) is 11.8 Å². The van der Waals surface area contributed by atoms with Gasteiger partial charge < -0.3 is 4.74 Å². The van der Waals surface area contributed by atoms with Crippen LogP contribution in [-0.4, -0.2) is 17.8 Å². The number of anilines is 1. The molecule has 1 aliphatic rings. The number of halogens is 2. The fourth-order valence-corrected chi connectivity index (χ4v) is 3.60. The molecular weight excluding hydrogens is 543 g/mol. The first-order valence-corrected chi connectivity index (χ1v) is 11.0. The number of ether oxygens (including phenoxy) is 1. The molecular formula is C24H16ClIN2O4. The Labute approximate surface area is 203 Å². The maximum atomic E-state index is 13.1. The second-order valence-electron chi connectivity index (χ2n) is 6.89. The van der Waals surface area contributed by atoms with Gasteiger partial charge in [-0.25, -0.2) is 9.69 Å². The van der Waals surface area contributed by atoms with Crippen LogP contribution in [0.25, 0.3) is 6.08 Å². The van der Waals surface area contributed by atoms with Crippen molar-refractivity contribution in [2.45, 2.75) is 6.61 Å².